The van der Waals surface area contributed by atoms with Crippen LogP contribution in [-0.2, 0) is 4.74 Å². The number of aromatic nitrogens is 1. The van der Waals surface area contributed by atoms with Gasteiger partial charge in [0.2, 0.25) is 0 Å². The molecule has 0 unspecified atom stereocenters. The molecule has 0 saturated carbocycles. The topological polar surface area (TPSA) is 39.2 Å². The Morgan fingerprint density at radius 2 is 2.25 bits per heavy atom. The molecule has 0 amide bonds. The Kier molecular flexibility index (Phi) is 4.28. The van der Waals surface area contributed by atoms with Crippen molar-refractivity contribution in [3.8, 4) is 0 Å². The second kappa shape index (κ2) is 5.29. The van der Waals surface area contributed by atoms with E-state index in [0.29, 0.717) is 6.20 Å². The van der Waals surface area contributed by atoms with Crippen LogP contribution in [0.25, 0.3) is 0 Å². The van der Waals surface area contributed by atoms with Crippen LogP contribution in [0.2, 0.25) is 0 Å². The first kappa shape index (κ1) is 13.0. The van der Waals surface area contributed by atoms with Crippen LogP contribution in [0.15, 0.2) is 10.7 Å². The second-order valence-corrected chi connectivity index (χ2v) is 3.49. The largest absolute Gasteiger partial charge is 0.462 e. The van der Waals surface area contributed by atoms with Crippen LogP contribution in [-0.4, -0.2) is 17.6 Å². The number of hydrogen-bond donors (Lipinski definition) is 0. The molecule has 0 spiro atoms. The van der Waals surface area contributed by atoms with Crippen molar-refractivity contribution < 1.29 is 22.7 Å². The Balaban J connectivity index is 3.31. The van der Waals surface area contributed by atoms with Gasteiger partial charge < -0.3 is 4.74 Å². The lowest BCUT2D eigenvalue weighted by molar-refractivity contribution is 0.0511. The van der Waals surface area contributed by atoms with Gasteiger partial charge in [-0.05, 0) is 22.9 Å². The van der Waals surface area contributed by atoms with E-state index in [0.717, 1.165) is 0 Å². The van der Waals surface area contributed by atoms with Crippen LogP contribution < -0.4 is 0 Å². The number of esters is 1. The maximum absolute atomic E-state index is 13.1. The minimum atomic E-state index is -2.98. The molecule has 7 heteroatoms. The first-order valence-corrected chi connectivity index (χ1v) is 5.07. The SMILES string of the molecule is CCOC(=O)c1c(C(F)F)ncc(F)c1Br. The van der Waals surface area contributed by atoms with Gasteiger partial charge in [0.15, 0.2) is 5.82 Å². The van der Waals surface area contributed by atoms with Gasteiger partial charge in [-0.1, -0.05) is 0 Å². The lowest BCUT2D eigenvalue weighted by Gasteiger charge is -2.09. The Hall–Kier alpha value is -1.11. The van der Waals surface area contributed by atoms with E-state index in [-0.39, 0.29) is 11.1 Å². The number of nitrogens with zero attached hydrogens (tertiary/aromatic N) is 1. The number of alkyl halides is 2. The summed E-state index contributed by atoms with van der Waals surface area (Å²) >= 11 is 2.72. The maximum Gasteiger partial charge on any atom is 0.341 e. The van der Waals surface area contributed by atoms with Crippen molar-refractivity contribution in [1.29, 1.82) is 0 Å². The quantitative estimate of drug-likeness (QED) is 0.805. The zero-order valence-electron chi connectivity index (χ0n) is 8.14. The third-order valence-corrected chi connectivity index (χ3v) is 2.46. The molecule has 0 aromatic carbocycles. The van der Waals surface area contributed by atoms with E-state index in [1.54, 1.807) is 0 Å². The van der Waals surface area contributed by atoms with Gasteiger partial charge in [0.05, 0.1) is 17.3 Å². The highest BCUT2D eigenvalue weighted by atomic mass is 79.9. The summed E-state index contributed by atoms with van der Waals surface area (Å²) in [7, 11) is 0. The molecule has 0 fully saturated rings. The average Bonchev–Trinajstić information content (AvgIpc) is 2.21. The second-order valence-electron chi connectivity index (χ2n) is 2.70. The lowest BCUT2D eigenvalue weighted by atomic mass is 10.2. The van der Waals surface area contributed by atoms with E-state index in [2.05, 4.69) is 25.7 Å². The highest BCUT2D eigenvalue weighted by Gasteiger charge is 2.26. The summed E-state index contributed by atoms with van der Waals surface area (Å²) in [5.74, 6) is -1.93. The van der Waals surface area contributed by atoms with Gasteiger partial charge in [-0.15, -0.1) is 0 Å². The summed E-state index contributed by atoms with van der Waals surface area (Å²) in [5, 5.41) is 0. The fraction of sp³-hybridized carbons (Fsp3) is 0.333. The van der Waals surface area contributed by atoms with Gasteiger partial charge >= 0.3 is 5.97 Å². The lowest BCUT2D eigenvalue weighted by Crippen LogP contribution is -2.12. The van der Waals surface area contributed by atoms with Crippen molar-refractivity contribution >= 4 is 21.9 Å². The van der Waals surface area contributed by atoms with Crippen LogP contribution >= 0.6 is 15.9 Å². The van der Waals surface area contributed by atoms with E-state index >= 15 is 0 Å². The normalized spacial score (nSPS) is 10.6. The summed E-state index contributed by atoms with van der Waals surface area (Å²) < 4.78 is 42.3. The molecule has 3 nitrogen and oxygen atoms in total. The van der Waals surface area contributed by atoms with Crippen LogP contribution in [0.1, 0.15) is 29.4 Å². The Morgan fingerprint density at radius 3 is 2.75 bits per heavy atom. The number of hydrogen-bond acceptors (Lipinski definition) is 3. The van der Waals surface area contributed by atoms with E-state index in [1.807, 2.05) is 0 Å². The van der Waals surface area contributed by atoms with Gasteiger partial charge in [-0.3, -0.25) is 4.98 Å². The number of pyridine rings is 1. The van der Waals surface area contributed by atoms with Crippen molar-refractivity contribution in [1.82, 2.24) is 4.98 Å². The average molecular weight is 298 g/mol. The van der Waals surface area contributed by atoms with Crippen LogP contribution in [0.4, 0.5) is 13.2 Å². The van der Waals surface area contributed by atoms with Crippen molar-refractivity contribution in [3.05, 3.63) is 27.7 Å². The van der Waals surface area contributed by atoms with Crippen LogP contribution in [0.5, 0.6) is 0 Å². The van der Waals surface area contributed by atoms with E-state index < -0.39 is 29.5 Å². The molecule has 1 aromatic heterocycles. The summed E-state index contributed by atoms with van der Waals surface area (Å²) in [4.78, 5) is 14.5. The van der Waals surface area contributed by atoms with Gasteiger partial charge in [0, 0.05) is 0 Å². The van der Waals surface area contributed by atoms with E-state index in [1.165, 1.54) is 6.92 Å². The predicted octanol–water partition coefficient (Wildman–Crippen LogP) is 3.10. The first-order chi connectivity index (χ1) is 7.49. The van der Waals surface area contributed by atoms with Gasteiger partial charge in [0.1, 0.15) is 11.3 Å². The van der Waals surface area contributed by atoms with Gasteiger partial charge in [-0.2, -0.15) is 0 Å². The zero-order valence-corrected chi connectivity index (χ0v) is 9.72. The van der Waals surface area contributed by atoms with Gasteiger partial charge in [0.25, 0.3) is 6.43 Å². The molecule has 0 bridgehead atoms. The molecule has 1 heterocycles. The number of carbonyl (C=O) groups excluding carboxylic acids is 1. The molecule has 0 N–H and O–H groups in total. The number of carbonyl (C=O) groups is 1. The molecule has 0 aliphatic carbocycles. The fourth-order valence-electron chi connectivity index (χ4n) is 1.04. The van der Waals surface area contributed by atoms with Crippen molar-refractivity contribution in [2.24, 2.45) is 0 Å². The van der Waals surface area contributed by atoms with E-state index in [9.17, 15) is 18.0 Å². The number of ether oxygens (including phenoxy) is 1. The first-order valence-electron chi connectivity index (χ1n) is 4.28. The number of halogens is 4. The molecular weight excluding hydrogens is 291 g/mol. The molecule has 0 atom stereocenters. The maximum atomic E-state index is 13.1. The molecule has 0 radical (unpaired) electrons. The Morgan fingerprint density at radius 1 is 1.62 bits per heavy atom. The van der Waals surface area contributed by atoms with Crippen molar-refractivity contribution in [2.45, 2.75) is 13.3 Å². The Bertz CT molecular complexity index is 412. The van der Waals surface area contributed by atoms with Crippen molar-refractivity contribution in [3.63, 3.8) is 0 Å². The fourth-order valence-corrected chi connectivity index (χ4v) is 1.51. The molecule has 88 valence electrons. The molecule has 0 aliphatic rings. The molecule has 1 rings (SSSR count). The molecule has 0 aliphatic heterocycles. The summed E-state index contributed by atoms with van der Waals surface area (Å²) in [6.07, 6.45) is -2.36. The molecular formula is C9H7BrF3NO2. The molecule has 1 aromatic rings. The van der Waals surface area contributed by atoms with Crippen LogP contribution in [0.3, 0.4) is 0 Å². The molecule has 16 heavy (non-hydrogen) atoms. The minimum absolute atomic E-state index is 0.00443. The third-order valence-electron chi connectivity index (χ3n) is 1.69. The standard InChI is InChI=1S/C9H7BrF3NO2/c1-2-16-9(15)5-6(10)4(11)3-14-7(5)8(12)13/h3,8H,2H2,1H3. The highest BCUT2D eigenvalue weighted by Crippen LogP contribution is 2.29. The molecule has 0 saturated heterocycles. The number of rotatable bonds is 3. The van der Waals surface area contributed by atoms with Crippen molar-refractivity contribution in [2.75, 3.05) is 6.61 Å². The summed E-state index contributed by atoms with van der Waals surface area (Å²) in [6.45, 7) is 1.52. The monoisotopic (exact) mass is 297 g/mol. The predicted molar refractivity (Wildman–Crippen MR) is 52.8 cm³/mol. The van der Waals surface area contributed by atoms with E-state index in [4.69, 9.17) is 0 Å². The zero-order chi connectivity index (χ0) is 12.3. The third kappa shape index (κ3) is 2.52. The summed E-state index contributed by atoms with van der Waals surface area (Å²) in [5.41, 5.74) is -1.37. The summed E-state index contributed by atoms with van der Waals surface area (Å²) in [6, 6.07) is 0. The minimum Gasteiger partial charge on any atom is -0.462 e. The Labute approximate surface area is 97.8 Å². The van der Waals surface area contributed by atoms with Gasteiger partial charge in [-0.25, -0.2) is 18.0 Å². The highest BCUT2D eigenvalue weighted by molar-refractivity contribution is 9.10. The van der Waals surface area contributed by atoms with Crippen LogP contribution in [0, 0.1) is 5.82 Å². The smallest absolute Gasteiger partial charge is 0.341 e.